The second-order valence-corrected chi connectivity index (χ2v) is 11.4. The van der Waals surface area contributed by atoms with Crippen LogP contribution in [0.25, 0.3) is 0 Å². The summed E-state index contributed by atoms with van der Waals surface area (Å²) in [5, 5.41) is 9.73. The maximum atomic E-state index is 13.5. The first-order chi connectivity index (χ1) is 17.1. The molecule has 1 aromatic heterocycles. The maximum absolute atomic E-state index is 13.5. The molecule has 0 bridgehead atoms. The number of piperidine rings is 1. The number of hydrogen-bond donors (Lipinski definition) is 1. The topological polar surface area (TPSA) is 111 Å². The number of benzene rings is 1. The van der Waals surface area contributed by atoms with Crippen LogP contribution in [0.4, 0.5) is 15.0 Å². The Kier molecular flexibility index (Phi) is 7.49. The largest absolute Gasteiger partial charge is 0.465 e. The molecule has 0 radical (unpaired) electrons. The van der Waals surface area contributed by atoms with Gasteiger partial charge < -0.3 is 19.8 Å². The predicted octanol–water partition coefficient (Wildman–Crippen LogP) is 2.84. The number of rotatable bonds is 6. The molecule has 36 heavy (non-hydrogen) atoms. The number of sulfone groups is 1. The molecule has 0 aliphatic carbocycles. The second-order valence-electron chi connectivity index (χ2n) is 9.42. The number of anilines is 1. The van der Waals surface area contributed by atoms with Crippen LogP contribution in [0.5, 0.6) is 0 Å². The van der Waals surface area contributed by atoms with Gasteiger partial charge in [-0.05, 0) is 49.6 Å². The normalized spacial score (nSPS) is 21.0. The van der Waals surface area contributed by atoms with E-state index in [1.807, 2.05) is 4.90 Å². The minimum Gasteiger partial charge on any atom is -0.465 e. The molecule has 9 nitrogen and oxygen atoms in total. The average molecular weight is 519 g/mol. The van der Waals surface area contributed by atoms with E-state index < -0.39 is 22.0 Å². The van der Waals surface area contributed by atoms with E-state index in [1.54, 1.807) is 30.0 Å². The molecule has 2 aliphatic heterocycles. The first-order valence-electron chi connectivity index (χ1n) is 12.0. The molecule has 1 aromatic carbocycles. The van der Waals surface area contributed by atoms with Crippen molar-refractivity contribution in [1.82, 2.24) is 14.8 Å². The van der Waals surface area contributed by atoms with Crippen molar-refractivity contribution < 1.29 is 27.5 Å². The Morgan fingerprint density at radius 2 is 1.78 bits per heavy atom. The standard InChI is InChI=1S/C25H31FN4O5S/c1-3-30(25(32)33)22-16-29(15-21(22)17-4-6-19(26)7-5-17)24(31)18-10-12-28(13-11-18)23-9-8-20(14-27-23)36(2,34)35/h4-9,14,18,21-22H,3,10-13,15-16H2,1-2H3,(H,32,33)/t21-,22+/m0/s1. The van der Waals surface area contributed by atoms with Crippen LogP contribution in [-0.4, -0.2) is 85.3 Å². The lowest BCUT2D eigenvalue weighted by molar-refractivity contribution is -0.135. The molecule has 0 unspecified atom stereocenters. The number of amides is 2. The van der Waals surface area contributed by atoms with E-state index in [1.165, 1.54) is 29.3 Å². The number of nitrogens with zero attached hydrogens (tertiary/aromatic N) is 4. The minimum atomic E-state index is -3.31. The number of carbonyl (C=O) groups excluding carboxylic acids is 1. The van der Waals surface area contributed by atoms with Gasteiger partial charge in [-0.3, -0.25) is 4.79 Å². The number of likely N-dealkylation sites (N-methyl/N-ethyl adjacent to an activating group) is 1. The van der Waals surface area contributed by atoms with Crippen LogP contribution >= 0.6 is 0 Å². The molecule has 3 heterocycles. The summed E-state index contributed by atoms with van der Waals surface area (Å²) in [6, 6.07) is 8.87. The molecule has 0 saturated carbocycles. The molecule has 4 rings (SSSR count). The lowest BCUT2D eigenvalue weighted by Gasteiger charge is -2.34. The smallest absolute Gasteiger partial charge is 0.407 e. The van der Waals surface area contributed by atoms with Crippen molar-refractivity contribution in [1.29, 1.82) is 0 Å². The van der Waals surface area contributed by atoms with E-state index in [-0.39, 0.29) is 28.5 Å². The molecule has 2 amide bonds. The van der Waals surface area contributed by atoms with Crippen molar-refractivity contribution in [3.8, 4) is 0 Å². The number of likely N-dealkylation sites (tertiary alicyclic amines) is 1. The maximum Gasteiger partial charge on any atom is 0.407 e. The van der Waals surface area contributed by atoms with Crippen LogP contribution < -0.4 is 4.90 Å². The first kappa shape index (κ1) is 25.9. The molecule has 2 saturated heterocycles. The van der Waals surface area contributed by atoms with Crippen LogP contribution in [0.3, 0.4) is 0 Å². The van der Waals surface area contributed by atoms with E-state index in [9.17, 15) is 27.5 Å². The van der Waals surface area contributed by atoms with E-state index in [2.05, 4.69) is 4.98 Å². The Balaban J connectivity index is 1.44. The van der Waals surface area contributed by atoms with E-state index in [4.69, 9.17) is 0 Å². The third kappa shape index (κ3) is 5.45. The molecule has 2 aliphatic rings. The number of hydrogen-bond acceptors (Lipinski definition) is 6. The molecule has 2 atom stereocenters. The molecular formula is C25H31FN4O5S. The third-order valence-corrected chi connectivity index (χ3v) is 8.30. The zero-order valence-electron chi connectivity index (χ0n) is 20.4. The fourth-order valence-corrected chi connectivity index (χ4v) is 5.78. The van der Waals surface area contributed by atoms with Gasteiger partial charge in [-0.15, -0.1) is 0 Å². The second kappa shape index (κ2) is 10.4. The fourth-order valence-electron chi connectivity index (χ4n) is 5.22. The summed E-state index contributed by atoms with van der Waals surface area (Å²) in [5.74, 6) is -0.108. The summed E-state index contributed by atoms with van der Waals surface area (Å²) in [4.78, 5) is 34.9. The molecule has 2 aromatic rings. The minimum absolute atomic E-state index is 0.00564. The van der Waals surface area contributed by atoms with Crippen LogP contribution in [0, 0.1) is 11.7 Å². The van der Waals surface area contributed by atoms with Crippen LogP contribution in [-0.2, 0) is 14.6 Å². The highest BCUT2D eigenvalue weighted by atomic mass is 32.2. The average Bonchev–Trinajstić information content (AvgIpc) is 3.29. The fraction of sp³-hybridized carbons (Fsp3) is 0.480. The van der Waals surface area contributed by atoms with E-state index >= 15 is 0 Å². The Labute approximate surface area is 210 Å². The monoisotopic (exact) mass is 518 g/mol. The van der Waals surface area contributed by atoms with Gasteiger partial charge in [0.25, 0.3) is 0 Å². The summed E-state index contributed by atoms with van der Waals surface area (Å²) in [5.41, 5.74) is 0.815. The van der Waals surface area contributed by atoms with Gasteiger partial charge >= 0.3 is 6.09 Å². The SMILES string of the molecule is CCN(C(=O)O)[C@@H]1CN(C(=O)C2CCN(c3ccc(S(C)(=O)=O)cn3)CC2)C[C@H]1c1ccc(F)cc1. The summed E-state index contributed by atoms with van der Waals surface area (Å²) >= 11 is 0. The number of carboxylic acid groups (broad SMARTS) is 1. The highest BCUT2D eigenvalue weighted by Crippen LogP contribution is 2.34. The zero-order chi connectivity index (χ0) is 26.0. The Hall–Kier alpha value is -3.21. The Bertz CT molecular complexity index is 1200. The van der Waals surface area contributed by atoms with E-state index in [0.717, 1.165) is 11.8 Å². The first-order valence-corrected chi connectivity index (χ1v) is 13.9. The van der Waals surface area contributed by atoms with Crippen molar-refractivity contribution >= 4 is 27.7 Å². The van der Waals surface area contributed by atoms with Gasteiger partial charge in [0.1, 0.15) is 11.6 Å². The van der Waals surface area contributed by atoms with Crippen LogP contribution in [0.2, 0.25) is 0 Å². The van der Waals surface area contributed by atoms with E-state index in [0.29, 0.717) is 51.4 Å². The lowest BCUT2D eigenvalue weighted by Crippen LogP contribution is -2.45. The Morgan fingerprint density at radius 1 is 1.11 bits per heavy atom. The molecule has 1 N–H and O–H groups in total. The lowest BCUT2D eigenvalue weighted by atomic mass is 9.93. The van der Waals surface area contributed by atoms with Crippen LogP contribution in [0.15, 0.2) is 47.5 Å². The highest BCUT2D eigenvalue weighted by Gasteiger charge is 2.42. The van der Waals surface area contributed by atoms with Gasteiger partial charge in [0, 0.05) is 57.0 Å². The molecule has 0 spiro atoms. The molecule has 194 valence electrons. The number of aromatic nitrogens is 1. The van der Waals surface area contributed by atoms with Gasteiger partial charge in [-0.2, -0.15) is 0 Å². The Morgan fingerprint density at radius 3 is 2.31 bits per heavy atom. The van der Waals surface area contributed by atoms with Crippen molar-refractivity contribution in [3.63, 3.8) is 0 Å². The summed E-state index contributed by atoms with van der Waals surface area (Å²) in [7, 11) is -3.31. The third-order valence-electron chi connectivity index (χ3n) is 7.20. The molecule has 11 heteroatoms. The van der Waals surface area contributed by atoms with Gasteiger partial charge in [0.05, 0.1) is 10.9 Å². The quantitative estimate of drug-likeness (QED) is 0.626. The van der Waals surface area contributed by atoms with Crippen molar-refractivity contribution in [2.75, 3.05) is 43.9 Å². The van der Waals surface area contributed by atoms with Crippen molar-refractivity contribution in [2.45, 2.75) is 36.6 Å². The highest BCUT2D eigenvalue weighted by molar-refractivity contribution is 7.90. The van der Waals surface area contributed by atoms with Crippen molar-refractivity contribution in [2.24, 2.45) is 5.92 Å². The molecular weight excluding hydrogens is 487 g/mol. The number of halogens is 1. The summed E-state index contributed by atoms with van der Waals surface area (Å²) < 4.78 is 36.8. The number of pyridine rings is 1. The zero-order valence-corrected chi connectivity index (χ0v) is 21.2. The predicted molar refractivity (Wildman–Crippen MR) is 132 cm³/mol. The van der Waals surface area contributed by atoms with Gasteiger partial charge in [0.2, 0.25) is 5.91 Å². The summed E-state index contributed by atoms with van der Waals surface area (Å²) in [6.07, 6.45) is 2.69. The van der Waals surface area contributed by atoms with Gasteiger partial charge in [-0.1, -0.05) is 12.1 Å². The van der Waals surface area contributed by atoms with Gasteiger partial charge in [0.15, 0.2) is 9.84 Å². The van der Waals surface area contributed by atoms with Gasteiger partial charge in [-0.25, -0.2) is 22.6 Å². The van der Waals surface area contributed by atoms with Crippen molar-refractivity contribution in [3.05, 3.63) is 54.0 Å². The van der Waals surface area contributed by atoms with Crippen LogP contribution in [0.1, 0.15) is 31.2 Å². The number of carbonyl (C=O) groups is 2. The summed E-state index contributed by atoms with van der Waals surface area (Å²) in [6.45, 7) is 3.96. The molecule has 2 fully saturated rings.